The molecule has 84 valence electrons. The summed E-state index contributed by atoms with van der Waals surface area (Å²) >= 11 is 0. The number of nitriles is 1. The molecule has 3 nitrogen and oxygen atoms in total. The van der Waals surface area contributed by atoms with Crippen molar-refractivity contribution in [2.24, 2.45) is 0 Å². The molecule has 2 aromatic carbocycles. The van der Waals surface area contributed by atoms with E-state index in [9.17, 15) is 0 Å². The maximum atomic E-state index is 8.77. The van der Waals surface area contributed by atoms with Crippen LogP contribution in [0.2, 0.25) is 0 Å². The molecular formula is C14H12N2O. The molecule has 0 saturated carbocycles. The van der Waals surface area contributed by atoms with Crippen LogP contribution >= 0.6 is 0 Å². The molecule has 0 aromatic heterocycles. The van der Waals surface area contributed by atoms with Crippen LogP contribution in [0.1, 0.15) is 11.1 Å². The molecule has 0 radical (unpaired) electrons. The number of nitrogen functional groups attached to an aromatic ring is 1. The highest BCUT2D eigenvalue weighted by Crippen LogP contribution is 2.17. The summed E-state index contributed by atoms with van der Waals surface area (Å²) in [5.74, 6) is 0.673. The van der Waals surface area contributed by atoms with Crippen LogP contribution in [0.3, 0.4) is 0 Å². The fraction of sp³-hybridized carbons (Fsp3) is 0.0714. The van der Waals surface area contributed by atoms with Crippen molar-refractivity contribution in [2.45, 2.75) is 6.61 Å². The number of rotatable bonds is 3. The van der Waals surface area contributed by atoms with Crippen molar-refractivity contribution in [2.75, 3.05) is 5.73 Å². The zero-order valence-corrected chi connectivity index (χ0v) is 9.26. The predicted molar refractivity (Wildman–Crippen MR) is 66.3 cm³/mol. The topological polar surface area (TPSA) is 59.0 Å². The normalized spacial score (nSPS) is 9.59. The Hall–Kier alpha value is -2.47. The lowest BCUT2D eigenvalue weighted by Gasteiger charge is -2.08. The predicted octanol–water partition coefficient (Wildman–Crippen LogP) is 2.72. The average molecular weight is 224 g/mol. The van der Waals surface area contributed by atoms with Gasteiger partial charge in [0.25, 0.3) is 0 Å². The summed E-state index contributed by atoms with van der Waals surface area (Å²) in [7, 11) is 0. The van der Waals surface area contributed by atoms with Crippen LogP contribution in [0, 0.1) is 11.3 Å². The number of hydrogen-bond donors (Lipinski definition) is 1. The first kappa shape index (κ1) is 11.0. The molecule has 0 aliphatic heterocycles. The molecule has 0 aliphatic rings. The van der Waals surface area contributed by atoms with E-state index in [0.29, 0.717) is 23.6 Å². The van der Waals surface area contributed by atoms with Gasteiger partial charge in [0.2, 0.25) is 0 Å². The van der Waals surface area contributed by atoms with E-state index in [0.717, 1.165) is 5.56 Å². The summed E-state index contributed by atoms with van der Waals surface area (Å²) < 4.78 is 5.58. The van der Waals surface area contributed by atoms with Crippen molar-refractivity contribution in [3.05, 3.63) is 59.7 Å². The monoisotopic (exact) mass is 224 g/mol. The Balaban J connectivity index is 2.08. The molecule has 0 atom stereocenters. The molecule has 0 unspecified atom stereocenters. The molecule has 0 fully saturated rings. The van der Waals surface area contributed by atoms with Crippen molar-refractivity contribution in [1.82, 2.24) is 0 Å². The lowest BCUT2D eigenvalue weighted by atomic mass is 10.2. The minimum absolute atomic E-state index is 0.404. The summed E-state index contributed by atoms with van der Waals surface area (Å²) in [5, 5.41) is 8.77. The third-order valence-corrected chi connectivity index (χ3v) is 2.41. The number of anilines is 1. The Bertz CT molecular complexity index is 558. The Morgan fingerprint density at radius 1 is 1.12 bits per heavy atom. The van der Waals surface area contributed by atoms with Gasteiger partial charge in [0.1, 0.15) is 12.4 Å². The second-order valence-electron chi connectivity index (χ2n) is 3.63. The van der Waals surface area contributed by atoms with Gasteiger partial charge in [-0.15, -0.1) is 0 Å². The number of nitrogens with zero attached hydrogens (tertiary/aromatic N) is 1. The molecular weight excluding hydrogens is 212 g/mol. The maximum Gasteiger partial charge on any atom is 0.121 e. The molecule has 0 saturated heterocycles. The van der Waals surface area contributed by atoms with Gasteiger partial charge in [0.15, 0.2) is 0 Å². The zero-order chi connectivity index (χ0) is 12.1. The second kappa shape index (κ2) is 5.04. The molecule has 2 N–H and O–H groups in total. The zero-order valence-electron chi connectivity index (χ0n) is 9.26. The van der Waals surface area contributed by atoms with Gasteiger partial charge in [0.05, 0.1) is 11.6 Å². The highest BCUT2D eigenvalue weighted by Gasteiger charge is 2.00. The Labute approximate surface area is 100 Å². The van der Waals surface area contributed by atoms with Crippen LogP contribution in [0.25, 0.3) is 0 Å². The van der Waals surface area contributed by atoms with Gasteiger partial charge in [-0.3, -0.25) is 0 Å². The van der Waals surface area contributed by atoms with E-state index in [1.54, 1.807) is 18.2 Å². The molecule has 0 bridgehead atoms. The van der Waals surface area contributed by atoms with E-state index in [4.69, 9.17) is 15.7 Å². The highest BCUT2D eigenvalue weighted by molar-refractivity contribution is 5.46. The number of benzene rings is 2. The van der Waals surface area contributed by atoms with Crippen molar-refractivity contribution in [1.29, 1.82) is 5.26 Å². The van der Waals surface area contributed by atoms with Crippen molar-refractivity contribution in [3.8, 4) is 11.8 Å². The van der Waals surface area contributed by atoms with Gasteiger partial charge < -0.3 is 10.5 Å². The Morgan fingerprint density at radius 3 is 2.71 bits per heavy atom. The molecule has 0 spiro atoms. The molecule has 2 aromatic rings. The molecule has 3 heteroatoms. The van der Waals surface area contributed by atoms with E-state index in [-0.39, 0.29) is 0 Å². The summed E-state index contributed by atoms with van der Waals surface area (Å²) in [6.07, 6.45) is 0. The summed E-state index contributed by atoms with van der Waals surface area (Å²) in [6, 6.07) is 16.7. The van der Waals surface area contributed by atoms with Crippen LogP contribution in [0.5, 0.6) is 5.75 Å². The van der Waals surface area contributed by atoms with Gasteiger partial charge in [-0.25, -0.2) is 0 Å². The molecule has 17 heavy (non-hydrogen) atoms. The molecule has 0 aliphatic carbocycles. The number of hydrogen-bond acceptors (Lipinski definition) is 3. The molecule has 2 rings (SSSR count). The first-order valence-corrected chi connectivity index (χ1v) is 5.26. The third kappa shape index (κ3) is 2.76. The summed E-state index contributed by atoms with van der Waals surface area (Å²) in [4.78, 5) is 0. The largest absolute Gasteiger partial charge is 0.489 e. The van der Waals surface area contributed by atoms with Gasteiger partial charge >= 0.3 is 0 Å². The van der Waals surface area contributed by atoms with Crippen molar-refractivity contribution < 1.29 is 4.74 Å². The van der Waals surface area contributed by atoms with Crippen LogP contribution < -0.4 is 10.5 Å². The van der Waals surface area contributed by atoms with E-state index in [1.807, 2.05) is 30.3 Å². The fourth-order valence-electron chi connectivity index (χ4n) is 1.48. The number of ether oxygens (including phenoxy) is 1. The van der Waals surface area contributed by atoms with Crippen molar-refractivity contribution >= 4 is 5.69 Å². The van der Waals surface area contributed by atoms with E-state index >= 15 is 0 Å². The van der Waals surface area contributed by atoms with E-state index in [1.165, 1.54) is 0 Å². The van der Waals surface area contributed by atoms with E-state index < -0.39 is 0 Å². The third-order valence-electron chi connectivity index (χ3n) is 2.41. The Morgan fingerprint density at radius 2 is 1.94 bits per heavy atom. The van der Waals surface area contributed by atoms with Crippen LogP contribution in [0.15, 0.2) is 48.5 Å². The van der Waals surface area contributed by atoms with Crippen LogP contribution in [0.4, 0.5) is 5.69 Å². The van der Waals surface area contributed by atoms with Crippen LogP contribution in [-0.2, 0) is 6.61 Å². The fourth-order valence-corrected chi connectivity index (χ4v) is 1.48. The highest BCUT2D eigenvalue weighted by atomic mass is 16.5. The quantitative estimate of drug-likeness (QED) is 0.815. The van der Waals surface area contributed by atoms with Gasteiger partial charge in [-0.1, -0.05) is 24.3 Å². The minimum atomic E-state index is 0.404. The van der Waals surface area contributed by atoms with Crippen molar-refractivity contribution in [3.63, 3.8) is 0 Å². The number of nitrogens with two attached hydrogens (primary N) is 1. The Kier molecular flexibility index (Phi) is 3.27. The average Bonchev–Trinajstić information content (AvgIpc) is 2.38. The lowest BCUT2D eigenvalue weighted by molar-refractivity contribution is 0.307. The van der Waals surface area contributed by atoms with Gasteiger partial charge in [-0.05, 0) is 24.3 Å². The SMILES string of the molecule is N#Cc1cccc(OCc2ccccc2N)c1. The smallest absolute Gasteiger partial charge is 0.121 e. The standard InChI is InChI=1S/C14H12N2O/c15-9-11-4-3-6-13(8-11)17-10-12-5-1-2-7-14(12)16/h1-8H,10,16H2. The second-order valence-corrected chi connectivity index (χ2v) is 3.63. The number of para-hydroxylation sites is 1. The maximum absolute atomic E-state index is 8.77. The summed E-state index contributed by atoms with van der Waals surface area (Å²) in [5.41, 5.74) is 8.05. The summed E-state index contributed by atoms with van der Waals surface area (Å²) in [6.45, 7) is 0.404. The first-order chi connectivity index (χ1) is 8.29. The van der Waals surface area contributed by atoms with Gasteiger partial charge in [-0.2, -0.15) is 5.26 Å². The van der Waals surface area contributed by atoms with E-state index in [2.05, 4.69) is 6.07 Å². The molecule has 0 heterocycles. The molecule has 0 amide bonds. The van der Waals surface area contributed by atoms with Gasteiger partial charge in [0, 0.05) is 11.3 Å². The minimum Gasteiger partial charge on any atom is -0.489 e. The van der Waals surface area contributed by atoms with Crippen LogP contribution in [-0.4, -0.2) is 0 Å². The first-order valence-electron chi connectivity index (χ1n) is 5.26. The lowest BCUT2D eigenvalue weighted by Crippen LogP contribution is -1.99.